The van der Waals surface area contributed by atoms with Crippen LogP contribution >= 0.6 is 0 Å². The van der Waals surface area contributed by atoms with E-state index in [9.17, 15) is 27.9 Å². The topological polar surface area (TPSA) is 149 Å². The van der Waals surface area contributed by atoms with Crippen molar-refractivity contribution in [3.05, 3.63) is 94.1 Å². The summed E-state index contributed by atoms with van der Waals surface area (Å²) in [6.07, 6.45) is -1.32. The molecule has 0 bridgehead atoms. The van der Waals surface area contributed by atoms with Gasteiger partial charge in [-0.25, -0.2) is 9.78 Å². The number of hydrogen-bond acceptors (Lipinski definition) is 7. The Morgan fingerprint density at radius 3 is 2.53 bits per heavy atom. The maximum absolute atomic E-state index is 12.6. The smallest absolute Gasteiger partial charge is 0.416 e. The maximum atomic E-state index is 12.6. The number of hydrogen-bond donors (Lipinski definition) is 3. The summed E-state index contributed by atoms with van der Waals surface area (Å²) in [5.74, 6) is -1.07. The summed E-state index contributed by atoms with van der Waals surface area (Å²) in [6.45, 7) is 3.35. The number of rotatable bonds is 4. The first kappa shape index (κ1) is 26.0. The monoisotopic (exact) mass is 527 g/mol. The van der Waals surface area contributed by atoms with Gasteiger partial charge in [0.1, 0.15) is 11.4 Å². The molecule has 2 aromatic carbocycles. The van der Waals surface area contributed by atoms with Crippen molar-refractivity contribution in [2.24, 2.45) is 0 Å². The van der Waals surface area contributed by atoms with E-state index in [-0.39, 0.29) is 23.1 Å². The highest BCUT2D eigenvalue weighted by molar-refractivity contribution is 6.04. The predicted octanol–water partition coefficient (Wildman–Crippen LogP) is 5.10. The SMILES string of the molecule is Cc1cn(-c2cc(N)cc(C(F)(F)F)c2)cn1.Cc1nc(Oc2oc3ccccc3c2C(=O)O)cc(=O)[nH]1. The number of aromatic amines is 1. The standard InChI is InChI=1S/C14H10N2O5.C11H10F3N3/c1-7-15-10(17)6-11(16-7)21-14-12(13(18)19)8-4-2-3-5-9(8)20-14;1-7-5-17(6-16-7)10-3-8(11(12,13)14)2-9(15)4-10/h2-6H,1H3,(H,18,19)(H,15,16,17);2-6H,15H2,1H3. The van der Waals surface area contributed by atoms with Crippen LogP contribution in [0.25, 0.3) is 16.7 Å². The second kappa shape index (κ2) is 10.1. The van der Waals surface area contributed by atoms with Gasteiger partial charge in [-0.1, -0.05) is 18.2 Å². The minimum Gasteiger partial charge on any atom is -0.477 e. The van der Waals surface area contributed by atoms with Crippen LogP contribution in [0.4, 0.5) is 18.9 Å². The normalized spacial score (nSPS) is 11.2. The van der Waals surface area contributed by atoms with Gasteiger partial charge < -0.3 is 29.5 Å². The highest BCUT2D eigenvalue weighted by Gasteiger charge is 2.31. The van der Waals surface area contributed by atoms with Gasteiger partial charge in [-0.3, -0.25) is 4.79 Å². The molecule has 10 nitrogen and oxygen atoms in total. The number of anilines is 1. The summed E-state index contributed by atoms with van der Waals surface area (Å²) in [6, 6.07) is 11.2. The van der Waals surface area contributed by atoms with Gasteiger partial charge in [0.25, 0.3) is 5.56 Å². The molecule has 0 unspecified atom stereocenters. The Balaban J connectivity index is 0.000000181. The van der Waals surface area contributed by atoms with E-state index in [1.54, 1.807) is 44.3 Å². The molecule has 0 atom stereocenters. The molecule has 0 aliphatic heterocycles. The number of halogens is 3. The maximum Gasteiger partial charge on any atom is 0.416 e. The molecular weight excluding hydrogens is 507 g/mol. The van der Waals surface area contributed by atoms with Gasteiger partial charge in [0.15, 0.2) is 5.56 Å². The first-order chi connectivity index (χ1) is 17.9. The number of carboxylic acid groups (broad SMARTS) is 1. The van der Waals surface area contributed by atoms with Gasteiger partial charge in [-0.15, -0.1) is 0 Å². The van der Waals surface area contributed by atoms with Crippen molar-refractivity contribution < 1.29 is 32.2 Å². The lowest BCUT2D eigenvalue weighted by molar-refractivity contribution is -0.137. The number of imidazole rings is 1. The van der Waals surface area contributed by atoms with E-state index in [2.05, 4.69) is 15.0 Å². The number of carbonyl (C=O) groups is 1. The van der Waals surface area contributed by atoms with Crippen LogP contribution in [0.1, 0.15) is 27.4 Å². The Labute approximate surface area is 212 Å². The Kier molecular flexibility index (Phi) is 6.93. The zero-order valence-corrected chi connectivity index (χ0v) is 19.9. The number of aromatic nitrogens is 4. The molecule has 196 valence electrons. The molecule has 0 aliphatic rings. The fraction of sp³-hybridized carbons (Fsp3) is 0.120. The summed E-state index contributed by atoms with van der Waals surface area (Å²) < 4.78 is 50.0. The summed E-state index contributed by atoms with van der Waals surface area (Å²) in [5, 5.41) is 9.73. The number of ether oxygens (including phenoxy) is 1. The van der Waals surface area contributed by atoms with Crippen LogP contribution in [0.2, 0.25) is 0 Å². The first-order valence-corrected chi connectivity index (χ1v) is 10.9. The average Bonchev–Trinajstić information content (AvgIpc) is 3.41. The molecular formula is C25H20F3N5O5. The van der Waals surface area contributed by atoms with Gasteiger partial charge in [0.2, 0.25) is 5.88 Å². The lowest BCUT2D eigenvalue weighted by Crippen LogP contribution is -2.08. The number of aryl methyl sites for hydroxylation is 2. The van der Waals surface area contributed by atoms with Gasteiger partial charge >= 0.3 is 18.1 Å². The Hall–Kier alpha value is -5.07. The number of benzene rings is 2. The van der Waals surface area contributed by atoms with Crippen LogP contribution in [0, 0.1) is 13.8 Å². The largest absolute Gasteiger partial charge is 0.477 e. The summed E-state index contributed by atoms with van der Waals surface area (Å²) >= 11 is 0. The number of furan rings is 1. The first-order valence-electron chi connectivity index (χ1n) is 10.9. The molecule has 0 radical (unpaired) electrons. The Bertz CT molecular complexity index is 1690. The van der Waals surface area contributed by atoms with Gasteiger partial charge in [0, 0.05) is 23.0 Å². The van der Waals surface area contributed by atoms with Crippen molar-refractivity contribution >= 4 is 22.6 Å². The molecule has 3 aromatic heterocycles. The fourth-order valence-electron chi connectivity index (χ4n) is 3.51. The molecule has 3 heterocycles. The number of alkyl halides is 3. The zero-order valence-electron chi connectivity index (χ0n) is 19.9. The van der Waals surface area contributed by atoms with E-state index in [1.165, 1.54) is 17.0 Å². The van der Waals surface area contributed by atoms with Gasteiger partial charge in [-0.2, -0.15) is 18.2 Å². The summed E-state index contributed by atoms with van der Waals surface area (Å²) in [4.78, 5) is 33.2. The number of aromatic carboxylic acids is 1. The number of nitrogens with one attached hydrogen (secondary N) is 1. The average molecular weight is 527 g/mol. The molecule has 0 saturated heterocycles. The minimum absolute atomic E-state index is 0.0298. The summed E-state index contributed by atoms with van der Waals surface area (Å²) in [7, 11) is 0. The number of nitrogens with two attached hydrogens (primary N) is 1. The Morgan fingerprint density at radius 1 is 1.16 bits per heavy atom. The lowest BCUT2D eigenvalue weighted by Gasteiger charge is -2.10. The molecule has 5 aromatic rings. The highest BCUT2D eigenvalue weighted by atomic mass is 19.4. The fourth-order valence-corrected chi connectivity index (χ4v) is 3.51. The number of para-hydroxylation sites is 1. The van der Waals surface area contributed by atoms with Crippen LogP contribution < -0.4 is 16.0 Å². The van der Waals surface area contributed by atoms with Crippen LogP contribution in [-0.4, -0.2) is 30.6 Å². The van der Waals surface area contributed by atoms with Crippen LogP contribution in [0.15, 0.2) is 70.3 Å². The molecule has 0 aliphatic carbocycles. The van der Waals surface area contributed by atoms with E-state index in [0.29, 0.717) is 22.5 Å². The third-order valence-corrected chi connectivity index (χ3v) is 5.09. The minimum atomic E-state index is -4.40. The molecule has 0 saturated carbocycles. The molecule has 5 rings (SSSR count). The van der Waals surface area contributed by atoms with Crippen molar-refractivity contribution in [3.8, 4) is 17.5 Å². The zero-order chi connectivity index (χ0) is 27.6. The van der Waals surface area contributed by atoms with E-state index in [1.807, 2.05) is 0 Å². The number of H-pyrrole nitrogens is 1. The summed E-state index contributed by atoms with van der Waals surface area (Å²) in [5.41, 5.74) is 5.72. The van der Waals surface area contributed by atoms with E-state index in [4.69, 9.17) is 14.9 Å². The second-order valence-electron chi connectivity index (χ2n) is 8.07. The van der Waals surface area contributed by atoms with Crippen LogP contribution in [-0.2, 0) is 6.18 Å². The van der Waals surface area contributed by atoms with Crippen molar-refractivity contribution in [1.29, 1.82) is 0 Å². The second-order valence-corrected chi connectivity index (χ2v) is 8.07. The Morgan fingerprint density at radius 2 is 1.89 bits per heavy atom. The van der Waals surface area contributed by atoms with E-state index < -0.39 is 23.3 Å². The third-order valence-electron chi connectivity index (χ3n) is 5.09. The van der Waals surface area contributed by atoms with E-state index in [0.717, 1.165) is 23.9 Å². The third kappa shape index (κ3) is 5.83. The number of carboxylic acids is 1. The van der Waals surface area contributed by atoms with Crippen molar-refractivity contribution in [2.45, 2.75) is 20.0 Å². The van der Waals surface area contributed by atoms with Gasteiger partial charge in [-0.05, 0) is 38.1 Å². The van der Waals surface area contributed by atoms with Crippen LogP contribution in [0.5, 0.6) is 11.8 Å². The number of fused-ring (bicyclic) bond motifs is 1. The lowest BCUT2D eigenvalue weighted by atomic mass is 10.1. The molecule has 4 N–H and O–H groups in total. The van der Waals surface area contributed by atoms with Crippen molar-refractivity contribution in [1.82, 2.24) is 19.5 Å². The predicted molar refractivity (Wildman–Crippen MR) is 131 cm³/mol. The molecule has 13 heteroatoms. The molecule has 0 amide bonds. The number of nitrogens with zero attached hydrogens (tertiary/aromatic N) is 3. The highest BCUT2D eigenvalue weighted by Crippen LogP contribution is 2.34. The van der Waals surface area contributed by atoms with Crippen molar-refractivity contribution in [2.75, 3.05) is 5.73 Å². The molecule has 0 spiro atoms. The molecule has 38 heavy (non-hydrogen) atoms. The quantitative estimate of drug-likeness (QED) is 0.273. The van der Waals surface area contributed by atoms with E-state index >= 15 is 0 Å². The number of nitrogen functional groups attached to an aromatic ring is 1. The van der Waals surface area contributed by atoms with Crippen molar-refractivity contribution in [3.63, 3.8) is 0 Å². The van der Waals surface area contributed by atoms with Gasteiger partial charge in [0.05, 0.1) is 23.7 Å². The van der Waals surface area contributed by atoms with Crippen LogP contribution in [0.3, 0.4) is 0 Å². The molecule has 0 fully saturated rings.